The lowest BCUT2D eigenvalue weighted by atomic mass is 10.1. The third-order valence-corrected chi connectivity index (χ3v) is 12.6. The SMILES string of the molecule is C=NC(=O)[C@@H]1C[C@@H](Oc2cc(OC(C)C)nc3c(C)c(OC)ccc23)CN1C(=O)[C@@H]([NH3+])CCCCC/C=C\C1C[C@@H]1C(=O)N/S(=C/C)C1(C)CC1. The number of rotatable bonds is 17. The molecule has 3 fully saturated rings. The number of aliphatic imine (C=N–C) groups is 1. The molecule has 2 aromatic rings. The van der Waals surface area contributed by atoms with E-state index in [0.29, 0.717) is 41.7 Å². The molecule has 5 rings (SSSR count). The van der Waals surface area contributed by atoms with Crippen molar-refractivity contribution in [3.05, 3.63) is 35.9 Å². The Morgan fingerprint density at radius 1 is 1.20 bits per heavy atom. The quantitative estimate of drug-likeness (QED) is 0.0970. The molecule has 51 heavy (non-hydrogen) atoms. The molecular formula is C39H56N5O6S+. The summed E-state index contributed by atoms with van der Waals surface area (Å²) in [5.74, 6) is 1.70. The van der Waals surface area contributed by atoms with E-state index in [1.54, 1.807) is 18.1 Å². The van der Waals surface area contributed by atoms with E-state index in [1.807, 2.05) is 39.8 Å². The number of methoxy groups -OCH3 is 1. The van der Waals surface area contributed by atoms with Gasteiger partial charge in [-0.25, -0.2) is 9.98 Å². The second-order valence-electron chi connectivity index (χ2n) is 14.7. The predicted molar refractivity (Wildman–Crippen MR) is 203 cm³/mol. The topological polar surface area (TPSA) is 147 Å². The molecule has 278 valence electrons. The molecule has 3 aliphatic rings. The minimum Gasteiger partial charge on any atom is -0.496 e. The van der Waals surface area contributed by atoms with E-state index in [9.17, 15) is 14.4 Å². The molecule has 2 saturated carbocycles. The number of likely N-dealkylation sites (tertiary alicyclic amines) is 1. The average molecular weight is 723 g/mol. The molecule has 2 aliphatic carbocycles. The van der Waals surface area contributed by atoms with E-state index < -0.39 is 24.1 Å². The van der Waals surface area contributed by atoms with Crippen LogP contribution in [-0.2, 0) is 14.4 Å². The molecule has 1 aromatic heterocycles. The molecule has 2 unspecified atom stereocenters. The van der Waals surface area contributed by atoms with Crippen LogP contribution in [0.5, 0.6) is 17.4 Å². The van der Waals surface area contributed by atoms with Gasteiger partial charge in [0.1, 0.15) is 23.6 Å². The van der Waals surface area contributed by atoms with Crippen molar-refractivity contribution in [2.24, 2.45) is 16.8 Å². The molecule has 0 bridgehead atoms. The van der Waals surface area contributed by atoms with Crippen LogP contribution in [0.15, 0.2) is 35.3 Å². The summed E-state index contributed by atoms with van der Waals surface area (Å²) >= 11 is 0. The zero-order valence-corrected chi connectivity index (χ0v) is 31.9. The minimum atomic E-state index is -0.757. The fourth-order valence-electron chi connectivity index (χ4n) is 6.86. The summed E-state index contributed by atoms with van der Waals surface area (Å²) in [6.45, 7) is 13.8. The smallest absolute Gasteiger partial charge is 0.281 e. The van der Waals surface area contributed by atoms with Crippen molar-refractivity contribution >= 4 is 51.4 Å². The van der Waals surface area contributed by atoms with E-state index in [1.165, 1.54) is 12.8 Å². The van der Waals surface area contributed by atoms with Crippen molar-refractivity contribution in [3.8, 4) is 17.4 Å². The number of nitrogens with zero attached hydrogens (tertiary/aromatic N) is 3. The molecule has 0 spiro atoms. The van der Waals surface area contributed by atoms with Gasteiger partial charge in [0, 0.05) is 40.5 Å². The van der Waals surface area contributed by atoms with Gasteiger partial charge in [-0.3, -0.25) is 14.4 Å². The fourth-order valence-corrected chi connectivity index (χ4v) is 8.70. The average Bonchev–Trinajstić information content (AvgIpc) is 4.02. The molecule has 4 N–H and O–H groups in total. The Morgan fingerprint density at radius 2 is 1.96 bits per heavy atom. The van der Waals surface area contributed by atoms with Crippen molar-refractivity contribution in [2.75, 3.05) is 13.7 Å². The van der Waals surface area contributed by atoms with Crippen LogP contribution in [0.4, 0.5) is 0 Å². The van der Waals surface area contributed by atoms with Gasteiger partial charge in [0.05, 0.1) is 25.3 Å². The monoisotopic (exact) mass is 722 g/mol. The molecule has 2 heterocycles. The number of allylic oxidation sites excluding steroid dienone is 2. The molecule has 1 saturated heterocycles. The largest absolute Gasteiger partial charge is 0.496 e. The fraction of sp³-hybridized carbons (Fsp3) is 0.590. The molecule has 0 radical (unpaired) electrons. The standard InChI is InChI=1S/C39H55N5O6S/c1-8-51(39(5)18-19-39)43-36(45)29-20-26(29)14-12-10-9-11-13-15-30(40)38(47)44-23-27(21-31(44)37(46)41-6)50-33-22-34(49-24(2)3)42-35-25(4)32(48-7)17-16-28(33)35/h8,12,14,16-17,22,24,26-27,29-31H,6,9-11,13,15,18-21,23,40H2,1-5,7H3,(H,43,45)/p+1/b14-12-/t26?,27-,29+,30+,31+,51?/m1/s1. The highest BCUT2D eigenvalue weighted by Gasteiger charge is 2.45. The first-order valence-electron chi connectivity index (χ1n) is 18.3. The van der Waals surface area contributed by atoms with Crippen molar-refractivity contribution in [3.63, 3.8) is 0 Å². The number of aromatic nitrogens is 1. The van der Waals surface area contributed by atoms with E-state index >= 15 is 0 Å². The van der Waals surface area contributed by atoms with E-state index in [0.717, 1.165) is 43.1 Å². The summed E-state index contributed by atoms with van der Waals surface area (Å²) in [6.07, 6.45) is 11.9. The number of quaternary nitrogens is 1. The molecule has 3 amide bonds. The van der Waals surface area contributed by atoms with Crippen molar-refractivity contribution in [1.29, 1.82) is 0 Å². The van der Waals surface area contributed by atoms with Crippen molar-refractivity contribution in [1.82, 2.24) is 14.6 Å². The van der Waals surface area contributed by atoms with E-state index in [4.69, 9.17) is 19.2 Å². The Morgan fingerprint density at radius 3 is 2.63 bits per heavy atom. The number of benzene rings is 1. The van der Waals surface area contributed by atoms with Gasteiger partial charge in [0.15, 0.2) is 6.04 Å². The van der Waals surface area contributed by atoms with Crippen LogP contribution in [0.25, 0.3) is 10.9 Å². The number of ether oxygens (including phenoxy) is 3. The zero-order chi connectivity index (χ0) is 36.9. The van der Waals surface area contributed by atoms with Crippen molar-refractivity contribution in [2.45, 2.75) is 121 Å². The summed E-state index contributed by atoms with van der Waals surface area (Å²) in [7, 11) is 1.49. The van der Waals surface area contributed by atoms with Crippen LogP contribution in [0.3, 0.4) is 0 Å². The predicted octanol–water partition coefficient (Wildman–Crippen LogP) is 5.34. The first-order chi connectivity index (χ1) is 24.4. The number of carbonyl (C=O) groups excluding carboxylic acids is 3. The number of aryl methyl sites for hydroxylation is 1. The molecular weight excluding hydrogens is 667 g/mol. The summed E-state index contributed by atoms with van der Waals surface area (Å²) in [4.78, 5) is 49.2. The molecule has 1 aliphatic heterocycles. The lowest BCUT2D eigenvalue weighted by Crippen LogP contribution is -2.68. The zero-order valence-electron chi connectivity index (χ0n) is 31.1. The Labute approximate surface area is 304 Å². The third-order valence-electron chi connectivity index (χ3n) is 10.2. The number of nitrogens with one attached hydrogen (secondary N) is 1. The van der Waals surface area contributed by atoms with Gasteiger partial charge in [-0.2, -0.15) is 0 Å². The van der Waals surface area contributed by atoms with Gasteiger partial charge in [0.25, 0.3) is 11.8 Å². The third kappa shape index (κ3) is 9.37. The second-order valence-corrected chi connectivity index (χ2v) is 17.0. The van der Waals surface area contributed by atoms with Crippen LogP contribution < -0.4 is 24.7 Å². The first-order valence-corrected chi connectivity index (χ1v) is 19.6. The Kier molecular flexibility index (Phi) is 12.6. The summed E-state index contributed by atoms with van der Waals surface area (Å²) < 4.78 is 21.5. The molecule has 11 nitrogen and oxygen atoms in total. The Bertz CT molecular complexity index is 1690. The van der Waals surface area contributed by atoms with Gasteiger partial charge in [-0.1, -0.05) is 29.2 Å². The van der Waals surface area contributed by atoms with Gasteiger partial charge in [-0.05, 0) is 103 Å². The van der Waals surface area contributed by atoms with Gasteiger partial charge in [0.2, 0.25) is 11.8 Å². The van der Waals surface area contributed by atoms with Crippen LogP contribution in [0.1, 0.15) is 91.0 Å². The highest BCUT2D eigenvalue weighted by atomic mass is 32.2. The van der Waals surface area contributed by atoms with Crippen LogP contribution in [0, 0.1) is 18.8 Å². The number of unbranched alkanes of at least 4 members (excludes halogenated alkanes) is 3. The number of fused-ring (bicyclic) bond motifs is 1. The first kappa shape index (κ1) is 38.5. The van der Waals surface area contributed by atoms with Gasteiger partial charge >= 0.3 is 0 Å². The summed E-state index contributed by atoms with van der Waals surface area (Å²) in [5, 5.41) is 2.94. The molecule has 6 atom stereocenters. The number of hydrogen-bond acceptors (Lipinski definition) is 7. The summed E-state index contributed by atoms with van der Waals surface area (Å²) in [6, 6.07) is 4.28. The maximum atomic E-state index is 13.7. The lowest BCUT2D eigenvalue weighted by molar-refractivity contribution is -0.407. The van der Waals surface area contributed by atoms with Crippen molar-refractivity contribution < 1.29 is 34.3 Å². The normalized spacial score (nSPS) is 23.3. The number of carbonyl (C=O) groups is 3. The highest BCUT2D eigenvalue weighted by Crippen LogP contribution is 2.51. The van der Waals surface area contributed by atoms with Crippen LogP contribution in [0.2, 0.25) is 0 Å². The van der Waals surface area contributed by atoms with Gasteiger partial charge < -0.3 is 29.6 Å². The van der Waals surface area contributed by atoms with Gasteiger partial charge in [-0.15, -0.1) is 0 Å². The van der Waals surface area contributed by atoms with Crippen LogP contribution >= 0.6 is 10.7 Å². The second kappa shape index (κ2) is 16.7. The number of hydrogen-bond donors (Lipinski definition) is 2. The minimum absolute atomic E-state index is 0.0946. The number of pyridine rings is 1. The van der Waals surface area contributed by atoms with E-state index in [2.05, 4.69) is 46.6 Å². The maximum absolute atomic E-state index is 13.7. The molecule has 1 aromatic carbocycles. The Hall–Kier alpha value is -3.77. The maximum Gasteiger partial charge on any atom is 0.281 e. The molecule has 12 heteroatoms. The summed E-state index contributed by atoms with van der Waals surface area (Å²) in [5.41, 5.74) is 5.73. The van der Waals surface area contributed by atoms with Crippen LogP contribution in [-0.4, -0.2) is 82.4 Å². The Balaban J connectivity index is 1.11. The van der Waals surface area contributed by atoms with E-state index in [-0.39, 0.29) is 45.8 Å². The number of amides is 3. The highest BCUT2D eigenvalue weighted by molar-refractivity contribution is 8.15. The lowest BCUT2D eigenvalue weighted by Gasteiger charge is -2.23.